The van der Waals surface area contributed by atoms with E-state index < -0.39 is 0 Å². The molecular weight excluding hydrogens is 194 g/mol. The van der Waals surface area contributed by atoms with Crippen molar-refractivity contribution in [1.82, 2.24) is 0 Å². The summed E-state index contributed by atoms with van der Waals surface area (Å²) < 4.78 is 0. The van der Waals surface area contributed by atoms with Crippen LogP contribution in [0.25, 0.3) is 0 Å². The first kappa shape index (κ1) is 11.7. The lowest BCUT2D eigenvalue weighted by Crippen LogP contribution is -2.18. The van der Waals surface area contributed by atoms with Gasteiger partial charge in [0.2, 0.25) is 0 Å². The first-order chi connectivity index (χ1) is 7.46. The third-order valence-electron chi connectivity index (χ3n) is 3.31. The molecular formula is C15H23N. The molecule has 0 saturated heterocycles. The van der Waals surface area contributed by atoms with Crippen LogP contribution in [0.3, 0.4) is 0 Å². The van der Waals surface area contributed by atoms with E-state index in [-0.39, 0.29) is 6.04 Å². The Morgan fingerprint density at radius 2 is 2.06 bits per heavy atom. The van der Waals surface area contributed by atoms with E-state index in [1.165, 1.54) is 29.5 Å². The topological polar surface area (TPSA) is 26.0 Å². The van der Waals surface area contributed by atoms with Gasteiger partial charge >= 0.3 is 0 Å². The van der Waals surface area contributed by atoms with Gasteiger partial charge in [0.25, 0.3) is 0 Å². The Kier molecular flexibility index (Phi) is 3.07. The van der Waals surface area contributed by atoms with Crippen LogP contribution in [-0.4, -0.2) is 0 Å². The van der Waals surface area contributed by atoms with E-state index in [1.54, 1.807) is 0 Å². The van der Waals surface area contributed by atoms with Crippen molar-refractivity contribution in [3.63, 3.8) is 0 Å². The largest absolute Gasteiger partial charge is 0.324 e. The minimum atomic E-state index is 0.267. The molecule has 88 valence electrons. The molecule has 0 unspecified atom stereocenters. The summed E-state index contributed by atoms with van der Waals surface area (Å²) in [6.45, 7) is 6.85. The highest BCUT2D eigenvalue weighted by Crippen LogP contribution is 2.30. The number of hydrogen-bond donors (Lipinski definition) is 1. The van der Waals surface area contributed by atoms with Crippen LogP contribution in [0.4, 0.5) is 0 Å². The lowest BCUT2D eigenvalue weighted by Gasteiger charge is -2.24. The quantitative estimate of drug-likeness (QED) is 0.764. The molecule has 2 N–H and O–H groups in total. The highest BCUT2D eigenvalue weighted by molar-refractivity contribution is 5.36. The molecule has 0 aromatic heterocycles. The Morgan fingerprint density at radius 1 is 1.31 bits per heavy atom. The standard InChI is InChI=1S/C15H23N/c1-15(2,3)10-11-7-8-12-5-4-6-14(16)13(12)9-11/h7-9,14H,4-6,10,16H2,1-3H3/t14-/m0/s1. The fraction of sp³-hybridized carbons (Fsp3) is 0.600. The summed E-state index contributed by atoms with van der Waals surface area (Å²) in [7, 11) is 0. The number of aryl methyl sites for hydroxylation is 1. The van der Waals surface area contributed by atoms with Crippen molar-refractivity contribution >= 4 is 0 Å². The van der Waals surface area contributed by atoms with Crippen LogP contribution in [0.1, 0.15) is 56.3 Å². The van der Waals surface area contributed by atoms with E-state index >= 15 is 0 Å². The molecule has 16 heavy (non-hydrogen) atoms. The normalized spacial score (nSPS) is 20.6. The third-order valence-corrected chi connectivity index (χ3v) is 3.31. The van der Waals surface area contributed by atoms with Gasteiger partial charge in [-0.25, -0.2) is 0 Å². The number of benzene rings is 1. The van der Waals surface area contributed by atoms with Crippen LogP contribution in [0.15, 0.2) is 18.2 Å². The Bertz CT molecular complexity index is 374. The van der Waals surface area contributed by atoms with E-state index in [2.05, 4.69) is 39.0 Å². The van der Waals surface area contributed by atoms with Gasteiger partial charge in [0.15, 0.2) is 0 Å². The molecule has 1 heteroatoms. The summed E-state index contributed by atoms with van der Waals surface area (Å²) in [4.78, 5) is 0. The van der Waals surface area contributed by atoms with Crippen LogP contribution >= 0.6 is 0 Å². The van der Waals surface area contributed by atoms with Crippen LogP contribution in [0.5, 0.6) is 0 Å². The molecule has 0 radical (unpaired) electrons. The van der Waals surface area contributed by atoms with E-state index in [0.29, 0.717) is 5.41 Å². The second-order valence-electron chi connectivity index (χ2n) is 6.27. The molecule has 0 amide bonds. The predicted molar refractivity (Wildman–Crippen MR) is 69.5 cm³/mol. The Balaban J connectivity index is 2.27. The molecule has 1 nitrogen and oxygen atoms in total. The van der Waals surface area contributed by atoms with E-state index in [1.807, 2.05) is 0 Å². The Labute approximate surface area is 99.0 Å². The summed E-state index contributed by atoms with van der Waals surface area (Å²) in [5, 5.41) is 0. The zero-order valence-electron chi connectivity index (χ0n) is 10.7. The maximum atomic E-state index is 6.18. The van der Waals surface area contributed by atoms with Gasteiger partial charge in [0.05, 0.1) is 0 Å². The smallest absolute Gasteiger partial charge is 0.0297 e. The maximum absolute atomic E-state index is 6.18. The van der Waals surface area contributed by atoms with E-state index in [9.17, 15) is 0 Å². The molecule has 0 saturated carbocycles. The average molecular weight is 217 g/mol. The van der Waals surface area contributed by atoms with Gasteiger partial charge in [-0.2, -0.15) is 0 Å². The highest BCUT2D eigenvalue weighted by atomic mass is 14.6. The van der Waals surface area contributed by atoms with Gasteiger partial charge in [-0.1, -0.05) is 39.0 Å². The fourth-order valence-corrected chi connectivity index (χ4v) is 2.61. The molecule has 1 aromatic carbocycles. The van der Waals surface area contributed by atoms with Gasteiger partial charge < -0.3 is 5.73 Å². The average Bonchev–Trinajstić information content (AvgIpc) is 2.17. The first-order valence-electron chi connectivity index (χ1n) is 6.33. The van der Waals surface area contributed by atoms with Crippen molar-refractivity contribution in [2.45, 2.75) is 52.5 Å². The second-order valence-corrected chi connectivity index (χ2v) is 6.27. The molecule has 0 heterocycles. The lowest BCUT2D eigenvalue weighted by atomic mass is 9.83. The van der Waals surface area contributed by atoms with Gasteiger partial charge in [-0.05, 0) is 47.8 Å². The molecule has 0 aliphatic heterocycles. The van der Waals surface area contributed by atoms with Crippen molar-refractivity contribution in [3.05, 3.63) is 34.9 Å². The molecule has 1 atom stereocenters. The van der Waals surface area contributed by atoms with Gasteiger partial charge in [-0.15, -0.1) is 0 Å². The van der Waals surface area contributed by atoms with Gasteiger partial charge in [0.1, 0.15) is 0 Å². The SMILES string of the molecule is CC(C)(C)Cc1ccc2c(c1)[C@@H](N)CCC2. The third kappa shape index (κ3) is 2.65. The monoisotopic (exact) mass is 217 g/mol. The summed E-state index contributed by atoms with van der Waals surface area (Å²) in [6, 6.07) is 7.17. The van der Waals surface area contributed by atoms with Crippen LogP contribution in [-0.2, 0) is 12.8 Å². The van der Waals surface area contributed by atoms with Crippen molar-refractivity contribution < 1.29 is 0 Å². The van der Waals surface area contributed by atoms with Gasteiger partial charge in [-0.3, -0.25) is 0 Å². The molecule has 0 fully saturated rings. The summed E-state index contributed by atoms with van der Waals surface area (Å²) in [5.74, 6) is 0. The van der Waals surface area contributed by atoms with Crippen molar-refractivity contribution in [2.75, 3.05) is 0 Å². The van der Waals surface area contributed by atoms with Crippen LogP contribution < -0.4 is 5.73 Å². The Morgan fingerprint density at radius 3 is 2.75 bits per heavy atom. The minimum Gasteiger partial charge on any atom is -0.324 e. The summed E-state index contributed by atoms with van der Waals surface area (Å²) in [5.41, 5.74) is 10.8. The molecule has 1 aliphatic carbocycles. The molecule has 2 rings (SSSR count). The molecule has 0 spiro atoms. The van der Waals surface area contributed by atoms with Crippen molar-refractivity contribution in [2.24, 2.45) is 11.1 Å². The molecule has 0 bridgehead atoms. The zero-order valence-corrected chi connectivity index (χ0v) is 10.7. The lowest BCUT2D eigenvalue weighted by molar-refractivity contribution is 0.410. The Hall–Kier alpha value is -0.820. The zero-order chi connectivity index (χ0) is 11.8. The molecule has 1 aliphatic rings. The number of hydrogen-bond acceptors (Lipinski definition) is 1. The van der Waals surface area contributed by atoms with E-state index in [0.717, 1.165) is 12.8 Å². The van der Waals surface area contributed by atoms with Crippen LogP contribution in [0.2, 0.25) is 0 Å². The second kappa shape index (κ2) is 4.21. The summed E-state index contributed by atoms with van der Waals surface area (Å²) >= 11 is 0. The van der Waals surface area contributed by atoms with Crippen molar-refractivity contribution in [3.8, 4) is 0 Å². The predicted octanol–water partition coefficient (Wildman–Crippen LogP) is 3.61. The number of fused-ring (bicyclic) bond motifs is 1. The highest BCUT2D eigenvalue weighted by Gasteiger charge is 2.18. The fourth-order valence-electron chi connectivity index (χ4n) is 2.61. The van der Waals surface area contributed by atoms with Gasteiger partial charge in [0, 0.05) is 6.04 Å². The number of rotatable bonds is 1. The van der Waals surface area contributed by atoms with E-state index in [4.69, 9.17) is 5.73 Å². The van der Waals surface area contributed by atoms with Crippen molar-refractivity contribution in [1.29, 1.82) is 0 Å². The van der Waals surface area contributed by atoms with Crippen LogP contribution in [0, 0.1) is 5.41 Å². The minimum absolute atomic E-state index is 0.267. The summed E-state index contributed by atoms with van der Waals surface area (Å²) in [6.07, 6.45) is 4.73. The maximum Gasteiger partial charge on any atom is 0.0297 e. The number of nitrogens with two attached hydrogens (primary N) is 1. The molecule has 1 aromatic rings. The first-order valence-corrected chi connectivity index (χ1v) is 6.33.